The van der Waals surface area contributed by atoms with E-state index in [2.05, 4.69) is 5.32 Å². The van der Waals surface area contributed by atoms with Gasteiger partial charge in [0, 0.05) is 15.6 Å². The van der Waals surface area contributed by atoms with Crippen LogP contribution in [0.4, 0.5) is 5.69 Å². The van der Waals surface area contributed by atoms with Crippen molar-refractivity contribution in [3.63, 3.8) is 0 Å². The molecule has 3 N–H and O–H groups in total. The van der Waals surface area contributed by atoms with Crippen molar-refractivity contribution < 1.29 is 10.1 Å². The van der Waals surface area contributed by atoms with Crippen LogP contribution in [0.15, 0.2) is 42.5 Å². The van der Waals surface area contributed by atoms with Gasteiger partial charge in [-0.15, -0.1) is 0 Å². The SMILES string of the molecule is C[C@@H]([NH2+]CC(=O)Nc1cc(Cl)ccc1Cl)c1ccccc1Cl. The molecule has 1 amide bonds. The van der Waals surface area contributed by atoms with E-state index in [-0.39, 0.29) is 18.5 Å². The average molecular weight is 359 g/mol. The zero-order chi connectivity index (χ0) is 16.1. The van der Waals surface area contributed by atoms with Gasteiger partial charge in [0.1, 0.15) is 6.04 Å². The van der Waals surface area contributed by atoms with E-state index in [4.69, 9.17) is 34.8 Å². The molecular formula is C16H16Cl3N2O+. The first-order chi connectivity index (χ1) is 10.5. The topological polar surface area (TPSA) is 45.7 Å². The molecule has 0 bridgehead atoms. The van der Waals surface area contributed by atoms with Crippen LogP contribution in [0.2, 0.25) is 15.1 Å². The molecule has 6 heteroatoms. The molecule has 2 aromatic rings. The van der Waals surface area contributed by atoms with E-state index >= 15 is 0 Å². The van der Waals surface area contributed by atoms with Crippen molar-refractivity contribution in [2.75, 3.05) is 11.9 Å². The molecule has 2 rings (SSSR count). The predicted octanol–water partition coefficient (Wildman–Crippen LogP) is 3.91. The largest absolute Gasteiger partial charge is 0.332 e. The second kappa shape index (κ2) is 7.84. The third-order valence-corrected chi connectivity index (χ3v) is 4.16. The Morgan fingerprint density at radius 2 is 1.86 bits per heavy atom. The lowest BCUT2D eigenvalue weighted by Gasteiger charge is -2.13. The van der Waals surface area contributed by atoms with Crippen molar-refractivity contribution in [1.82, 2.24) is 0 Å². The first-order valence-electron chi connectivity index (χ1n) is 6.80. The minimum absolute atomic E-state index is 0.0780. The van der Waals surface area contributed by atoms with Crippen molar-refractivity contribution >= 4 is 46.4 Å². The predicted molar refractivity (Wildman–Crippen MR) is 91.8 cm³/mol. The summed E-state index contributed by atoms with van der Waals surface area (Å²) in [6, 6.07) is 12.6. The maximum atomic E-state index is 12.0. The van der Waals surface area contributed by atoms with Crippen LogP contribution in [0, 0.1) is 0 Å². The van der Waals surface area contributed by atoms with Crippen LogP contribution in [0.1, 0.15) is 18.5 Å². The average Bonchev–Trinajstić information content (AvgIpc) is 2.49. The molecule has 0 saturated heterocycles. The number of rotatable bonds is 5. The van der Waals surface area contributed by atoms with Gasteiger partial charge in [-0.05, 0) is 31.2 Å². The van der Waals surface area contributed by atoms with E-state index in [1.807, 2.05) is 36.5 Å². The van der Waals surface area contributed by atoms with Crippen molar-refractivity contribution in [3.05, 3.63) is 63.1 Å². The second-order valence-electron chi connectivity index (χ2n) is 4.92. The van der Waals surface area contributed by atoms with Gasteiger partial charge in [-0.25, -0.2) is 0 Å². The first kappa shape index (κ1) is 17.1. The summed E-state index contributed by atoms with van der Waals surface area (Å²) in [5, 5.41) is 6.34. The maximum Gasteiger partial charge on any atom is 0.279 e. The van der Waals surface area contributed by atoms with E-state index in [1.165, 1.54) is 0 Å². The molecular weight excluding hydrogens is 343 g/mol. The number of quaternary nitrogens is 1. The fraction of sp³-hybridized carbons (Fsp3) is 0.188. The lowest BCUT2D eigenvalue weighted by molar-refractivity contribution is -0.682. The van der Waals surface area contributed by atoms with Crippen molar-refractivity contribution in [2.24, 2.45) is 0 Å². The van der Waals surface area contributed by atoms with Gasteiger partial charge in [0.05, 0.1) is 10.7 Å². The quantitative estimate of drug-likeness (QED) is 0.836. The number of hydrogen-bond acceptors (Lipinski definition) is 1. The summed E-state index contributed by atoms with van der Waals surface area (Å²) in [5.41, 5.74) is 1.51. The minimum atomic E-state index is -0.150. The third kappa shape index (κ3) is 4.62. The van der Waals surface area contributed by atoms with Gasteiger partial charge < -0.3 is 10.6 Å². The molecule has 0 aromatic heterocycles. The van der Waals surface area contributed by atoms with Crippen molar-refractivity contribution in [2.45, 2.75) is 13.0 Å². The van der Waals surface area contributed by atoms with Crippen LogP contribution in [0.5, 0.6) is 0 Å². The number of carbonyl (C=O) groups excluding carboxylic acids is 1. The van der Waals surface area contributed by atoms with Gasteiger partial charge in [-0.2, -0.15) is 0 Å². The third-order valence-electron chi connectivity index (χ3n) is 3.26. The molecule has 0 unspecified atom stereocenters. The Labute approximate surface area is 144 Å². The Balaban J connectivity index is 1.93. The Morgan fingerprint density at radius 3 is 2.59 bits per heavy atom. The molecule has 0 fully saturated rings. The molecule has 1 atom stereocenters. The summed E-state index contributed by atoms with van der Waals surface area (Å²) < 4.78 is 0. The molecule has 0 aliphatic heterocycles. The number of hydrogen-bond donors (Lipinski definition) is 2. The monoisotopic (exact) mass is 357 g/mol. The fourth-order valence-corrected chi connectivity index (χ4v) is 2.69. The highest BCUT2D eigenvalue weighted by Crippen LogP contribution is 2.25. The van der Waals surface area contributed by atoms with E-state index in [9.17, 15) is 4.79 Å². The van der Waals surface area contributed by atoms with E-state index in [0.717, 1.165) is 5.56 Å². The molecule has 0 aliphatic rings. The number of carbonyl (C=O) groups is 1. The highest BCUT2D eigenvalue weighted by Gasteiger charge is 2.14. The van der Waals surface area contributed by atoms with E-state index in [0.29, 0.717) is 20.8 Å². The Kier molecular flexibility index (Phi) is 6.09. The van der Waals surface area contributed by atoms with Crippen LogP contribution < -0.4 is 10.6 Å². The molecule has 0 saturated carbocycles. The number of amides is 1. The first-order valence-corrected chi connectivity index (χ1v) is 7.93. The smallest absolute Gasteiger partial charge is 0.279 e. The summed E-state index contributed by atoms with van der Waals surface area (Å²) in [4.78, 5) is 12.0. The fourth-order valence-electron chi connectivity index (χ4n) is 2.05. The summed E-state index contributed by atoms with van der Waals surface area (Å²) in [6.07, 6.45) is 0. The highest BCUT2D eigenvalue weighted by atomic mass is 35.5. The standard InChI is InChI=1S/C16H15Cl3N2O/c1-10(12-4-2-3-5-13(12)18)20-9-16(22)21-15-8-11(17)6-7-14(15)19/h2-8,10,20H,9H2,1H3,(H,21,22)/p+1/t10-/m1/s1. The number of benzene rings is 2. The Bertz CT molecular complexity index is 676. The molecule has 3 nitrogen and oxygen atoms in total. The maximum absolute atomic E-state index is 12.0. The molecule has 0 heterocycles. The molecule has 116 valence electrons. The second-order valence-corrected chi connectivity index (χ2v) is 6.17. The summed E-state index contributed by atoms with van der Waals surface area (Å²) in [6.45, 7) is 2.26. The Morgan fingerprint density at radius 1 is 1.14 bits per heavy atom. The minimum Gasteiger partial charge on any atom is -0.332 e. The van der Waals surface area contributed by atoms with E-state index < -0.39 is 0 Å². The van der Waals surface area contributed by atoms with Crippen LogP contribution in [-0.2, 0) is 4.79 Å². The molecule has 0 radical (unpaired) electrons. The van der Waals surface area contributed by atoms with Gasteiger partial charge >= 0.3 is 0 Å². The molecule has 0 aliphatic carbocycles. The summed E-state index contributed by atoms with van der Waals surface area (Å²) in [5.74, 6) is -0.150. The summed E-state index contributed by atoms with van der Waals surface area (Å²) >= 11 is 18.1. The molecule has 0 spiro atoms. The molecule has 2 aromatic carbocycles. The number of halogens is 3. The zero-order valence-electron chi connectivity index (χ0n) is 11.9. The lowest BCUT2D eigenvalue weighted by atomic mass is 10.1. The van der Waals surface area contributed by atoms with Gasteiger partial charge in [-0.3, -0.25) is 4.79 Å². The van der Waals surface area contributed by atoms with Gasteiger partial charge in [0.25, 0.3) is 5.91 Å². The van der Waals surface area contributed by atoms with Crippen molar-refractivity contribution in [1.29, 1.82) is 0 Å². The van der Waals surface area contributed by atoms with Gasteiger partial charge in [0.2, 0.25) is 0 Å². The summed E-state index contributed by atoms with van der Waals surface area (Å²) in [7, 11) is 0. The Hall–Kier alpha value is -1.26. The highest BCUT2D eigenvalue weighted by molar-refractivity contribution is 6.35. The number of anilines is 1. The van der Waals surface area contributed by atoms with E-state index in [1.54, 1.807) is 18.2 Å². The lowest BCUT2D eigenvalue weighted by Crippen LogP contribution is -2.86. The van der Waals surface area contributed by atoms with Crippen LogP contribution in [0.25, 0.3) is 0 Å². The zero-order valence-corrected chi connectivity index (χ0v) is 14.2. The van der Waals surface area contributed by atoms with Crippen LogP contribution in [0.3, 0.4) is 0 Å². The molecule has 22 heavy (non-hydrogen) atoms. The normalized spacial score (nSPS) is 12.0. The van der Waals surface area contributed by atoms with Crippen LogP contribution >= 0.6 is 34.8 Å². The number of nitrogens with two attached hydrogens (primary N) is 1. The van der Waals surface area contributed by atoms with Crippen LogP contribution in [-0.4, -0.2) is 12.5 Å². The van der Waals surface area contributed by atoms with Crippen molar-refractivity contribution in [3.8, 4) is 0 Å². The van der Waals surface area contributed by atoms with Gasteiger partial charge in [0.15, 0.2) is 6.54 Å². The van der Waals surface area contributed by atoms with Gasteiger partial charge in [-0.1, -0.05) is 53.0 Å². The number of nitrogens with one attached hydrogen (secondary N) is 1.